The van der Waals surface area contributed by atoms with E-state index in [2.05, 4.69) is 10.4 Å². The van der Waals surface area contributed by atoms with Gasteiger partial charge in [-0.05, 0) is 48.9 Å². The molecule has 150 valence electrons. The Hall–Kier alpha value is -3.61. The molecule has 0 fully saturated rings. The Morgan fingerprint density at radius 2 is 1.76 bits per heavy atom. The van der Waals surface area contributed by atoms with E-state index < -0.39 is 0 Å². The topological polar surface area (TPSA) is 82.5 Å². The molecule has 0 saturated heterocycles. The SMILES string of the molecule is COc1ccc(-c2ccc(=O)n(CCCC(=O)Nc3ccccc3OC)n2)cc1. The fourth-order valence-electron chi connectivity index (χ4n) is 2.87. The largest absolute Gasteiger partial charge is 0.497 e. The molecule has 0 atom stereocenters. The molecule has 7 heteroatoms. The molecule has 7 nitrogen and oxygen atoms in total. The Kier molecular flexibility index (Phi) is 6.63. The number of hydrogen-bond acceptors (Lipinski definition) is 5. The molecule has 0 saturated carbocycles. The molecule has 29 heavy (non-hydrogen) atoms. The predicted octanol–water partition coefficient (Wildman–Crippen LogP) is 3.35. The van der Waals surface area contributed by atoms with Gasteiger partial charge in [-0.1, -0.05) is 12.1 Å². The molecule has 0 aliphatic heterocycles. The number of rotatable bonds is 8. The van der Waals surface area contributed by atoms with Gasteiger partial charge in [0.15, 0.2) is 0 Å². The fourth-order valence-corrected chi connectivity index (χ4v) is 2.87. The number of nitrogens with one attached hydrogen (secondary N) is 1. The van der Waals surface area contributed by atoms with Crippen LogP contribution in [0.5, 0.6) is 11.5 Å². The van der Waals surface area contributed by atoms with E-state index >= 15 is 0 Å². The molecular weight excluding hydrogens is 370 g/mol. The highest BCUT2D eigenvalue weighted by atomic mass is 16.5. The zero-order valence-electron chi connectivity index (χ0n) is 16.4. The first-order chi connectivity index (χ1) is 14.1. The first-order valence-corrected chi connectivity index (χ1v) is 9.26. The first-order valence-electron chi connectivity index (χ1n) is 9.26. The van der Waals surface area contributed by atoms with Crippen LogP contribution in [-0.4, -0.2) is 29.9 Å². The van der Waals surface area contributed by atoms with E-state index in [4.69, 9.17) is 9.47 Å². The van der Waals surface area contributed by atoms with Crippen molar-refractivity contribution in [3.63, 3.8) is 0 Å². The van der Waals surface area contributed by atoms with Crippen LogP contribution in [0.1, 0.15) is 12.8 Å². The lowest BCUT2D eigenvalue weighted by molar-refractivity contribution is -0.116. The Morgan fingerprint density at radius 1 is 1.00 bits per heavy atom. The lowest BCUT2D eigenvalue weighted by Crippen LogP contribution is -2.23. The van der Waals surface area contributed by atoms with E-state index in [1.54, 1.807) is 32.4 Å². The third-order valence-electron chi connectivity index (χ3n) is 4.41. The third-order valence-corrected chi connectivity index (χ3v) is 4.41. The molecular formula is C22H23N3O4. The van der Waals surface area contributed by atoms with Crippen LogP contribution in [0.25, 0.3) is 11.3 Å². The van der Waals surface area contributed by atoms with Gasteiger partial charge in [0.1, 0.15) is 11.5 Å². The molecule has 3 aromatic rings. The van der Waals surface area contributed by atoms with E-state index in [-0.39, 0.29) is 17.9 Å². The highest BCUT2D eigenvalue weighted by Crippen LogP contribution is 2.23. The van der Waals surface area contributed by atoms with Crippen molar-refractivity contribution < 1.29 is 14.3 Å². The molecule has 0 radical (unpaired) electrons. The summed E-state index contributed by atoms with van der Waals surface area (Å²) < 4.78 is 11.8. The molecule has 1 aromatic heterocycles. The van der Waals surface area contributed by atoms with Crippen LogP contribution in [0.4, 0.5) is 5.69 Å². The summed E-state index contributed by atoms with van der Waals surface area (Å²) in [6.07, 6.45) is 0.749. The van der Waals surface area contributed by atoms with Crippen LogP contribution in [0, 0.1) is 0 Å². The van der Waals surface area contributed by atoms with Gasteiger partial charge in [-0.15, -0.1) is 0 Å². The number of hydrogen-bond donors (Lipinski definition) is 1. The number of benzene rings is 2. The number of methoxy groups -OCH3 is 2. The maximum absolute atomic E-state index is 12.2. The maximum atomic E-state index is 12.2. The van der Waals surface area contributed by atoms with Crippen LogP contribution < -0.4 is 20.3 Å². The number of nitrogens with zero attached hydrogens (tertiary/aromatic N) is 2. The summed E-state index contributed by atoms with van der Waals surface area (Å²) >= 11 is 0. The second-order valence-corrected chi connectivity index (χ2v) is 6.36. The summed E-state index contributed by atoms with van der Waals surface area (Å²) in [4.78, 5) is 24.3. The first kappa shape index (κ1) is 20.1. The average Bonchev–Trinajstić information content (AvgIpc) is 2.75. The average molecular weight is 393 g/mol. The molecule has 1 amide bonds. The summed E-state index contributed by atoms with van der Waals surface area (Å²) in [6.45, 7) is 0.349. The zero-order valence-corrected chi connectivity index (χ0v) is 16.4. The number of para-hydroxylation sites is 2. The van der Waals surface area contributed by atoms with Crippen LogP contribution in [0.3, 0.4) is 0 Å². The Morgan fingerprint density at radius 3 is 2.48 bits per heavy atom. The minimum Gasteiger partial charge on any atom is -0.497 e. The normalized spacial score (nSPS) is 10.4. The van der Waals surface area contributed by atoms with Gasteiger partial charge < -0.3 is 14.8 Å². The molecule has 3 rings (SSSR count). The number of anilines is 1. The van der Waals surface area contributed by atoms with Crippen LogP contribution >= 0.6 is 0 Å². The lowest BCUT2D eigenvalue weighted by atomic mass is 10.1. The van der Waals surface area contributed by atoms with Crippen molar-refractivity contribution >= 4 is 11.6 Å². The highest BCUT2D eigenvalue weighted by Gasteiger charge is 2.08. The van der Waals surface area contributed by atoms with Crippen molar-refractivity contribution in [2.45, 2.75) is 19.4 Å². The Balaban J connectivity index is 1.61. The summed E-state index contributed by atoms with van der Waals surface area (Å²) in [5.74, 6) is 1.21. The minimum atomic E-state index is -0.201. The highest BCUT2D eigenvalue weighted by molar-refractivity contribution is 5.92. The van der Waals surface area contributed by atoms with Crippen molar-refractivity contribution in [3.05, 3.63) is 71.0 Å². The van der Waals surface area contributed by atoms with Gasteiger partial charge in [-0.2, -0.15) is 5.10 Å². The molecule has 0 unspecified atom stereocenters. The minimum absolute atomic E-state index is 0.145. The monoisotopic (exact) mass is 393 g/mol. The molecule has 1 N–H and O–H groups in total. The van der Waals surface area contributed by atoms with Crippen molar-refractivity contribution in [2.24, 2.45) is 0 Å². The number of ether oxygens (including phenoxy) is 2. The van der Waals surface area contributed by atoms with Gasteiger partial charge in [-0.25, -0.2) is 4.68 Å². The molecule has 0 bridgehead atoms. The van der Waals surface area contributed by atoms with E-state index in [0.717, 1.165) is 11.3 Å². The van der Waals surface area contributed by atoms with Crippen LogP contribution in [0.15, 0.2) is 65.5 Å². The summed E-state index contributed by atoms with van der Waals surface area (Å²) in [5, 5.41) is 7.24. The summed E-state index contributed by atoms with van der Waals surface area (Å²) in [6, 6.07) is 17.9. The van der Waals surface area contributed by atoms with Gasteiger partial charge in [0.25, 0.3) is 5.56 Å². The van der Waals surface area contributed by atoms with Gasteiger partial charge in [0, 0.05) is 24.6 Å². The Bertz CT molecular complexity index is 1030. The second-order valence-electron chi connectivity index (χ2n) is 6.36. The molecule has 0 aliphatic rings. The molecule has 0 aliphatic carbocycles. The maximum Gasteiger partial charge on any atom is 0.266 e. The van der Waals surface area contributed by atoms with Gasteiger partial charge in [0.05, 0.1) is 25.6 Å². The summed E-state index contributed by atoms with van der Waals surface area (Å²) in [7, 11) is 3.16. The van der Waals surface area contributed by atoms with Crippen molar-refractivity contribution in [2.75, 3.05) is 19.5 Å². The predicted molar refractivity (Wildman–Crippen MR) is 111 cm³/mol. The third kappa shape index (κ3) is 5.22. The summed E-state index contributed by atoms with van der Waals surface area (Å²) in [5.41, 5.74) is 1.99. The second kappa shape index (κ2) is 9.54. The molecule has 0 spiro atoms. The van der Waals surface area contributed by atoms with E-state index in [1.807, 2.05) is 36.4 Å². The fraction of sp³-hybridized carbons (Fsp3) is 0.227. The van der Waals surface area contributed by atoms with Gasteiger partial charge >= 0.3 is 0 Å². The molecule has 2 aromatic carbocycles. The number of aromatic nitrogens is 2. The standard InChI is InChI=1S/C22H23N3O4/c1-28-17-11-9-16(10-12-17)18-13-14-22(27)25(24-18)15-5-8-21(26)23-19-6-3-4-7-20(19)29-2/h3-4,6-7,9-14H,5,8,15H2,1-2H3,(H,23,26). The zero-order chi connectivity index (χ0) is 20.6. The van der Waals surface area contributed by atoms with Gasteiger partial charge in [0.2, 0.25) is 5.91 Å². The smallest absolute Gasteiger partial charge is 0.266 e. The lowest BCUT2D eigenvalue weighted by Gasteiger charge is -2.10. The van der Waals surface area contributed by atoms with Crippen LogP contribution in [0.2, 0.25) is 0 Å². The Labute approximate surface area is 168 Å². The number of carbonyl (C=O) groups excluding carboxylic acids is 1. The van der Waals surface area contributed by atoms with Crippen LogP contribution in [-0.2, 0) is 11.3 Å². The van der Waals surface area contributed by atoms with Crippen molar-refractivity contribution in [3.8, 4) is 22.8 Å². The van der Waals surface area contributed by atoms with Crippen molar-refractivity contribution in [1.82, 2.24) is 9.78 Å². The molecule has 1 heterocycles. The number of carbonyl (C=O) groups is 1. The number of aryl methyl sites for hydroxylation is 1. The van der Waals surface area contributed by atoms with Crippen molar-refractivity contribution in [1.29, 1.82) is 0 Å². The number of amides is 1. The van der Waals surface area contributed by atoms with E-state index in [0.29, 0.717) is 30.1 Å². The quantitative estimate of drug-likeness (QED) is 0.635. The van der Waals surface area contributed by atoms with E-state index in [9.17, 15) is 9.59 Å². The van der Waals surface area contributed by atoms with E-state index in [1.165, 1.54) is 10.7 Å². The van der Waals surface area contributed by atoms with Gasteiger partial charge in [-0.3, -0.25) is 9.59 Å².